The summed E-state index contributed by atoms with van der Waals surface area (Å²) in [5.41, 5.74) is 2.61. The number of hydrogen-bond acceptors (Lipinski definition) is 4. The van der Waals surface area contributed by atoms with E-state index < -0.39 is 5.82 Å². The number of rotatable bonds is 11. The summed E-state index contributed by atoms with van der Waals surface area (Å²) in [4.78, 5) is 2.30. The summed E-state index contributed by atoms with van der Waals surface area (Å²) in [6, 6.07) is 16.2. The van der Waals surface area contributed by atoms with Crippen LogP contribution in [-0.4, -0.2) is 39.0 Å². The van der Waals surface area contributed by atoms with Gasteiger partial charge in [0.15, 0.2) is 11.6 Å². The van der Waals surface area contributed by atoms with Gasteiger partial charge in [0, 0.05) is 19.6 Å². The first kappa shape index (κ1) is 22.5. The Kier molecular flexibility index (Phi) is 7.22. The number of benzene rings is 2. The molecule has 1 atom stereocenters. The van der Waals surface area contributed by atoms with Crippen molar-refractivity contribution in [3.8, 4) is 17.3 Å². The second kappa shape index (κ2) is 10.3. The molecule has 32 heavy (non-hydrogen) atoms. The maximum absolute atomic E-state index is 14.4. The van der Waals surface area contributed by atoms with Gasteiger partial charge in [0.05, 0.1) is 23.0 Å². The smallest absolute Gasteiger partial charge is 0.227 e. The predicted octanol–water partition coefficient (Wildman–Crippen LogP) is 5.49. The van der Waals surface area contributed by atoms with Crippen LogP contribution in [0.15, 0.2) is 54.6 Å². The van der Waals surface area contributed by atoms with Gasteiger partial charge in [-0.25, -0.2) is 9.07 Å². The van der Waals surface area contributed by atoms with E-state index in [4.69, 9.17) is 9.84 Å². The van der Waals surface area contributed by atoms with E-state index in [1.165, 1.54) is 18.9 Å². The number of aliphatic hydroxyl groups is 1. The molecule has 5 nitrogen and oxygen atoms in total. The number of ether oxygens (including phenoxy) is 1. The fourth-order valence-electron chi connectivity index (χ4n) is 4.02. The summed E-state index contributed by atoms with van der Waals surface area (Å²) in [5, 5.41) is 15.2. The van der Waals surface area contributed by atoms with Crippen LogP contribution in [0.3, 0.4) is 0 Å². The lowest BCUT2D eigenvalue weighted by atomic mass is 10.1. The fraction of sp³-hybridized carbons (Fsp3) is 0.423. The summed E-state index contributed by atoms with van der Waals surface area (Å²) < 4.78 is 22.4. The van der Waals surface area contributed by atoms with Crippen molar-refractivity contribution in [2.24, 2.45) is 5.92 Å². The number of hydrogen-bond donors (Lipinski definition) is 1. The molecule has 1 aliphatic rings. The fourth-order valence-corrected chi connectivity index (χ4v) is 4.02. The van der Waals surface area contributed by atoms with Crippen molar-refractivity contribution in [2.75, 3.05) is 13.1 Å². The van der Waals surface area contributed by atoms with Gasteiger partial charge in [-0.05, 0) is 56.4 Å². The van der Waals surface area contributed by atoms with Crippen LogP contribution in [0, 0.1) is 18.7 Å². The predicted molar refractivity (Wildman–Crippen MR) is 124 cm³/mol. The Morgan fingerprint density at radius 1 is 1.16 bits per heavy atom. The van der Waals surface area contributed by atoms with Crippen LogP contribution < -0.4 is 4.74 Å². The highest BCUT2D eigenvalue weighted by Crippen LogP contribution is 2.35. The third kappa shape index (κ3) is 5.56. The highest BCUT2D eigenvalue weighted by molar-refractivity contribution is 5.43. The quantitative estimate of drug-likeness (QED) is 0.431. The van der Waals surface area contributed by atoms with Crippen LogP contribution in [0.25, 0.3) is 5.69 Å². The second-order valence-corrected chi connectivity index (χ2v) is 8.73. The zero-order chi connectivity index (χ0) is 22.5. The lowest BCUT2D eigenvalue weighted by Gasteiger charge is -2.25. The van der Waals surface area contributed by atoms with Gasteiger partial charge in [-0.3, -0.25) is 4.90 Å². The first-order chi connectivity index (χ1) is 15.5. The van der Waals surface area contributed by atoms with E-state index in [0.717, 1.165) is 36.3 Å². The Labute approximate surface area is 189 Å². The van der Waals surface area contributed by atoms with Crippen molar-refractivity contribution < 1.29 is 14.2 Å². The van der Waals surface area contributed by atoms with Gasteiger partial charge >= 0.3 is 0 Å². The van der Waals surface area contributed by atoms with Gasteiger partial charge in [-0.15, -0.1) is 0 Å². The lowest BCUT2D eigenvalue weighted by Crippen LogP contribution is -2.33. The molecule has 4 rings (SSSR count). The monoisotopic (exact) mass is 437 g/mol. The third-order valence-corrected chi connectivity index (χ3v) is 5.87. The molecule has 1 aromatic heterocycles. The first-order valence-corrected chi connectivity index (χ1v) is 11.5. The largest absolute Gasteiger partial charge is 0.435 e. The number of para-hydroxylation sites is 2. The maximum Gasteiger partial charge on any atom is 0.227 e. The summed E-state index contributed by atoms with van der Waals surface area (Å²) in [6.45, 7) is 6.19. The molecule has 1 aliphatic carbocycles. The van der Waals surface area contributed by atoms with Crippen molar-refractivity contribution >= 4 is 0 Å². The van der Waals surface area contributed by atoms with Gasteiger partial charge in [0.25, 0.3) is 0 Å². The molecular weight excluding hydrogens is 405 g/mol. The molecule has 1 N–H and O–H groups in total. The standard InChI is InChI=1S/C26H32FN3O2/c1-3-9-22(31)17-29(16-20-14-15-20)18-23-19(2)28-30(21-10-5-4-6-11-21)26(23)32-25-13-8-7-12-24(25)27/h4-8,10-13,20,22,31H,3,9,14-18H2,1-2H3/t22-/m1/s1. The second-order valence-electron chi connectivity index (χ2n) is 8.73. The van der Waals surface area contributed by atoms with Crippen LogP contribution >= 0.6 is 0 Å². The van der Waals surface area contributed by atoms with Crippen molar-refractivity contribution in [3.63, 3.8) is 0 Å². The summed E-state index contributed by atoms with van der Waals surface area (Å²) in [7, 11) is 0. The van der Waals surface area contributed by atoms with E-state index in [1.807, 2.05) is 37.3 Å². The van der Waals surface area contributed by atoms with Crippen LogP contribution in [0.5, 0.6) is 11.6 Å². The molecule has 3 aromatic rings. The molecule has 0 spiro atoms. The van der Waals surface area contributed by atoms with Gasteiger partial charge in [0.2, 0.25) is 5.88 Å². The third-order valence-electron chi connectivity index (χ3n) is 5.87. The van der Waals surface area contributed by atoms with Crippen LogP contribution in [0.2, 0.25) is 0 Å². The molecule has 1 fully saturated rings. The van der Waals surface area contributed by atoms with Crippen molar-refractivity contribution in [1.82, 2.24) is 14.7 Å². The zero-order valence-electron chi connectivity index (χ0n) is 18.9. The zero-order valence-corrected chi connectivity index (χ0v) is 18.9. The minimum Gasteiger partial charge on any atom is -0.435 e. The molecule has 0 amide bonds. The Bertz CT molecular complexity index is 1020. The average Bonchev–Trinajstić information content (AvgIpc) is 3.55. The number of aliphatic hydroxyl groups excluding tert-OH is 1. The Hall–Kier alpha value is -2.70. The molecule has 1 heterocycles. The summed E-state index contributed by atoms with van der Waals surface area (Å²) in [6.07, 6.45) is 3.84. The summed E-state index contributed by atoms with van der Waals surface area (Å²) in [5.74, 6) is 0.963. The van der Waals surface area contributed by atoms with Gasteiger partial charge in [-0.2, -0.15) is 5.10 Å². The average molecular weight is 438 g/mol. The van der Waals surface area contributed by atoms with Gasteiger partial charge in [-0.1, -0.05) is 43.7 Å². The highest BCUT2D eigenvalue weighted by atomic mass is 19.1. The molecule has 0 unspecified atom stereocenters. The number of halogens is 1. The van der Waals surface area contributed by atoms with Crippen LogP contribution in [0.1, 0.15) is 43.9 Å². The van der Waals surface area contributed by atoms with Crippen molar-refractivity contribution in [3.05, 3.63) is 71.7 Å². The van der Waals surface area contributed by atoms with Crippen LogP contribution in [0.4, 0.5) is 4.39 Å². The molecule has 0 bridgehead atoms. The van der Waals surface area contributed by atoms with Gasteiger partial charge < -0.3 is 9.84 Å². The topological polar surface area (TPSA) is 50.5 Å². The SMILES string of the molecule is CCC[C@@H](O)CN(Cc1c(C)nn(-c2ccccc2)c1Oc1ccccc1F)CC1CC1. The Balaban J connectivity index is 1.69. The number of nitrogens with zero attached hydrogens (tertiary/aromatic N) is 3. The van der Waals surface area contributed by atoms with E-state index >= 15 is 0 Å². The highest BCUT2D eigenvalue weighted by Gasteiger charge is 2.28. The van der Waals surface area contributed by atoms with Crippen LogP contribution in [-0.2, 0) is 6.54 Å². The number of aromatic nitrogens is 2. The molecule has 0 aliphatic heterocycles. The maximum atomic E-state index is 14.4. The lowest BCUT2D eigenvalue weighted by molar-refractivity contribution is 0.0977. The van der Waals surface area contributed by atoms with E-state index in [9.17, 15) is 9.50 Å². The minimum atomic E-state index is -0.412. The van der Waals surface area contributed by atoms with Crippen molar-refractivity contribution in [1.29, 1.82) is 0 Å². The molecule has 0 radical (unpaired) electrons. The molecule has 6 heteroatoms. The minimum absolute atomic E-state index is 0.172. The van der Waals surface area contributed by atoms with E-state index in [1.54, 1.807) is 22.9 Å². The molecule has 1 saturated carbocycles. The summed E-state index contributed by atoms with van der Waals surface area (Å²) >= 11 is 0. The molecule has 170 valence electrons. The van der Waals surface area contributed by atoms with Gasteiger partial charge in [0.1, 0.15) is 0 Å². The molecule has 0 saturated heterocycles. The normalized spacial score (nSPS) is 14.7. The Morgan fingerprint density at radius 2 is 1.88 bits per heavy atom. The number of aryl methyl sites for hydroxylation is 1. The van der Waals surface area contributed by atoms with E-state index in [2.05, 4.69) is 11.8 Å². The molecular formula is C26H32FN3O2. The van der Waals surface area contributed by atoms with Crippen molar-refractivity contribution in [2.45, 2.75) is 52.2 Å². The first-order valence-electron chi connectivity index (χ1n) is 11.5. The van der Waals surface area contributed by atoms with E-state index in [-0.39, 0.29) is 11.9 Å². The van der Waals surface area contributed by atoms with E-state index in [0.29, 0.717) is 24.9 Å². The molecule has 2 aromatic carbocycles. The Morgan fingerprint density at radius 3 is 2.56 bits per heavy atom.